The van der Waals surface area contributed by atoms with Gasteiger partial charge in [0, 0.05) is 18.6 Å². The summed E-state index contributed by atoms with van der Waals surface area (Å²) in [5.74, 6) is 0.874. The maximum Gasteiger partial charge on any atom is 0.0585 e. The largest absolute Gasteiger partial charge is 0.395 e. The highest BCUT2D eigenvalue weighted by Gasteiger charge is 2.33. The van der Waals surface area contributed by atoms with Gasteiger partial charge in [0.05, 0.1) is 6.61 Å². The molecule has 0 aromatic rings. The number of piperidine rings is 2. The van der Waals surface area contributed by atoms with Gasteiger partial charge in [-0.1, -0.05) is 6.92 Å². The van der Waals surface area contributed by atoms with E-state index in [0.29, 0.717) is 0 Å². The number of fused-ring (bicyclic) bond motifs is 1. The minimum Gasteiger partial charge on any atom is -0.395 e. The molecular formula is C15H31N3O. The second-order valence-corrected chi connectivity index (χ2v) is 6.27. The quantitative estimate of drug-likeness (QED) is 0.747. The molecule has 2 fully saturated rings. The van der Waals surface area contributed by atoms with Gasteiger partial charge in [0.2, 0.25) is 0 Å². The van der Waals surface area contributed by atoms with Crippen LogP contribution in [-0.4, -0.2) is 73.4 Å². The lowest BCUT2D eigenvalue weighted by atomic mass is 9.84. The Morgan fingerprint density at radius 3 is 2.89 bits per heavy atom. The topological polar surface area (TPSA) is 38.7 Å². The zero-order valence-corrected chi connectivity index (χ0v) is 12.6. The maximum atomic E-state index is 9.32. The molecule has 2 N–H and O–H groups in total. The van der Waals surface area contributed by atoms with Crippen molar-refractivity contribution in [3.63, 3.8) is 0 Å². The molecule has 2 rings (SSSR count). The van der Waals surface area contributed by atoms with Gasteiger partial charge >= 0.3 is 0 Å². The summed E-state index contributed by atoms with van der Waals surface area (Å²) in [4.78, 5) is 5.18. The van der Waals surface area contributed by atoms with Gasteiger partial charge in [-0.3, -0.25) is 0 Å². The highest BCUT2D eigenvalue weighted by atomic mass is 16.3. The number of rotatable bonds is 6. The van der Waals surface area contributed by atoms with Crippen molar-refractivity contribution < 1.29 is 5.11 Å². The van der Waals surface area contributed by atoms with Crippen LogP contribution in [0.1, 0.15) is 32.6 Å². The van der Waals surface area contributed by atoms with Gasteiger partial charge in [-0.15, -0.1) is 0 Å². The molecule has 0 aromatic heterocycles. The number of likely N-dealkylation sites (tertiary alicyclic amines) is 2. The molecule has 0 radical (unpaired) electrons. The fraction of sp³-hybridized carbons (Fsp3) is 1.00. The van der Waals surface area contributed by atoms with Crippen LogP contribution in [0, 0.1) is 5.92 Å². The monoisotopic (exact) mass is 269 g/mol. The lowest BCUT2D eigenvalue weighted by Gasteiger charge is -2.46. The van der Waals surface area contributed by atoms with Gasteiger partial charge in [-0.2, -0.15) is 0 Å². The van der Waals surface area contributed by atoms with Crippen LogP contribution in [0.4, 0.5) is 0 Å². The van der Waals surface area contributed by atoms with Crippen molar-refractivity contribution in [1.82, 2.24) is 15.1 Å². The summed E-state index contributed by atoms with van der Waals surface area (Å²) < 4.78 is 0. The smallest absolute Gasteiger partial charge is 0.0585 e. The Hall–Kier alpha value is -0.160. The van der Waals surface area contributed by atoms with Crippen molar-refractivity contribution in [3.8, 4) is 0 Å². The molecule has 19 heavy (non-hydrogen) atoms. The van der Waals surface area contributed by atoms with Crippen molar-refractivity contribution in [2.45, 2.75) is 44.7 Å². The van der Waals surface area contributed by atoms with Gasteiger partial charge in [-0.25, -0.2) is 0 Å². The zero-order valence-electron chi connectivity index (χ0n) is 12.6. The Morgan fingerprint density at radius 1 is 1.32 bits per heavy atom. The highest BCUT2D eigenvalue weighted by Crippen LogP contribution is 2.29. The molecule has 0 saturated carbocycles. The lowest BCUT2D eigenvalue weighted by molar-refractivity contribution is 0.0363. The molecule has 2 saturated heterocycles. The molecule has 4 heteroatoms. The summed E-state index contributed by atoms with van der Waals surface area (Å²) in [6.45, 7) is 8.22. The predicted octanol–water partition coefficient (Wildman–Crippen LogP) is 0.763. The average Bonchev–Trinajstić information content (AvgIpc) is 2.43. The SMILES string of the molecule is CCNC(CO)CCN1CCC2C(CCCN2C)C1. The zero-order chi connectivity index (χ0) is 13.7. The van der Waals surface area contributed by atoms with E-state index in [4.69, 9.17) is 0 Å². The van der Waals surface area contributed by atoms with E-state index in [9.17, 15) is 5.11 Å². The van der Waals surface area contributed by atoms with Gasteiger partial charge < -0.3 is 20.2 Å². The predicted molar refractivity (Wildman–Crippen MR) is 79.4 cm³/mol. The molecule has 2 aliphatic heterocycles. The average molecular weight is 269 g/mol. The van der Waals surface area contributed by atoms with Crippen molar-refractivity contribution in [2.75, 3.05) is 46.4 Å². The number of nitrogens with one attached hydrogen (secondary N) is 1. The van der Waals surface area contributed by atoms with E-state index in [1.54, 1.807) is 0 Å². The third kappa shape index (κ3) is 4.15. The van der Waals surface area contributed by atoms with Crippen LogP contribution in [0.15, 0.2) is 0 Å². The highest BCUT2D eigenvalue weighted by molar-refractivity contribution is 4.89. The van der Waals surface area contributed by atoms with Gasteiger partial charge in [0.15, 0.2) is 0 Å². The van der Waals surface area contributed by atoms with Crippen molar-refractivity contribution in [1.29, 1.82) is 0 Å². The fourth-order valence-electron chi connectivity index (χ4n) is 3.82. The van der Waals surface area contributed by atoms with Gasteiger partial charge in [0.1, 0.15) is 0 Å². The van der Waals surface area contributed by atoms with E-state index in [1.807, 2.05) is 0 Å². The van der Waals surface area contributed by atoms with Crippen molar-refractivity contribution in [2.24, 2.45) is 5.92 Å². The third-order valence-corrected chi connectivity index (χ3v) is 4.94. The maximum absolute atomic E-state index is 9.32. The summed E-state index contributed by atoms with van der Waals surface area (Å²) in [5, 5.41) is 12.7. The first-order valence-corrected chi connectivity index (χ1v) is 8.01. The van der Waals surface area contributed by atoms with Crippen LogP contribution < -0.4 is 5.32 Å². The first-order chi connectivity index (χ1) is 9.24. The van der Waals surface area contributed by atoms with Crippen LogP contribution in [0.25, 0.3) is 0 Å². The van der Waals surface area contributed by atoms with Crippen LogP contribution in [0.5, 0.6) is 0 Å². The van der Waals surface area contributed by atoms with Gasteiger partial charge in [0.25, 0.3) is 0 Å². The second kappa shape index (κ2) is 7.58. The molecule has 0 bridgehead atoms. The van der Waals surface area contributed by atoms with Crippen LogP contribution in [-0.2, 0) is 0 Å². The second-order valence-electron chi connectivity index (χ2n) is 6.27. The summed E-state index contributed by atoms with van der Waals surface area (Å²) in [5.41, 5.74) is 0. The molecular weight excluding hydrogens is 238 g/mol. The van der Waals surface area contributed by atoms with E-state index in [2.05, 4.69) is 29.1 Å². The van der Waals surface area contributed by atoms with Crippen molar-refractivity contribution in [3.05, 3.63) is 0 Å². The molecule has 2 heterocycles. The van der Waals surface area contributed by atoms with E-state index >= 15 is 0 Å². The molecule has 0 aliphatic carbocycles. The number of likely N-dealkylation sites (N-methyl/N-ethyl adjacent to an activating group) is 1. The normalized spacial score (nSPS) is 31.1. The Morgan fingerprint density at radius 2 is 2.16 bits per heavy atom. The lowest BCUT2D eigenvalue weighted by Crippen LogP contribution is -2.53. The Labute approximate surface area is 118 Å². The molecule has 2 aliphatic rings. The summed E-state index contributed by atoms with van der Waals surface area (Å²) in [6, 6.07) is 1.10. The molecule has 0 aromatic carbocycles. The number of aliphatic hydroxyl groups is 1. The Balaban J connectivity index is 1.74. The molecule has 0 spiro atoms. The van der Waals surface area contributed by atoms with E-state index in [1.165, 1.54) is 38.9 Å². The van der Waals surface area contributed by atoms with Crippen LogP contribution >= 0.6 is 0 Å². The van der Waals surface area contributed by atoms with Crippen molar-refractivity contribution >= 4 is 0 Å². The minimum atomic E-state index is 0.260. The van der Waals surface area contributed by atoms with E-state index in [0.717, 1.165) is 31.5 Å². The fourth-order valence-corrected chi connectivity index (χ4v) is 3.82. The van der Waals surface area contributed by atoms with Gasteiger partial charge in [-0.05, 0) is 64.8 Å². The first kappa shape index (κ1) is 15.2. The Kier molecular flexibility index (Phi) is 6.07. The van der Waals surface area contributed by atoms with Crippen LogP contribution in [0.2, 0.25) is 0 Å². The first-order valence-electron chi connectivity index (χ1n) is 8.01. The molecule has 112 valence electrons. The number of hydrogen-bond acceptors (Lipinski definition) is 4. The summed E-state index contributed by atoms with van der Waals surface area (Å²) >= 11 is 0. The van der Waals surface area contributed by atoms with E-state index < -0.39 is 0 Å². The number of nitrogens with zero attached hydrogens (tertiary/aromatic N) is 2. The third-order valence-electron chi connectivity index (χ3n) is 4.94. The summed E-state index contributed by atoms with van der Waals surface area (Å²) in [7, 11) is 2.29. The Bertz CT molecular complexity index is 262. The van der Waals surface area contributed by atoms with E-state index in [-0.39, 0.29) is 12.6 Å². The number of aliphatic hydroxyl groups excluding tert-OH is 1. The molecule has 4 nitrogen and oxygen atoms in total. The number of hydrogen-bond donors (Lipinski definition) is 2. The molecule has 3 unspecified atom stereocenters. The standard InChI is InChI=1S/C15H31N3O/c1-3-16-14(12-19)6-9-18-10-7-15-13(11-18)5-4-8-17(15)2/h13-16,19H,3-12H2,1-2H3. The molecule has 3 atom stereocenters. The summed E-state index contributed by atoms with van der Waals surface area (Å²) in [6.07, 6.45) is 5.16. The minimum absolute atomic E-state index is 0.260. The molecule has 0 amide bonds. The van der Waals surface area contributed by atoms with Crippen LogP contribution in [0.3, 0.4) is 0 Å².